The summed E-state index contributed by atoms with van der Waals surface area (Å²) < 4.78 is 22.0. The van der Waals surface area contributed by atoms with Crippen LogP contribution in [0, 0.1) is 6.92 Å². The summed E-state index contributed by atoms with van der Waals surface area (Å²) >= 11 is 0. The number of benzene rings is 1. The minimum atomic E-state index is -0.388. The first-order valence-electron chi connectivity index (χ1n) is 7.81. The van der Waals surface area contributed by atoms with Gasteiger partial charge in [-0.05, 0) is 18.2 Å². The summed E-state index contributed by atoms with van der Waals surface area (Å²) in [6.07, 6.45) is 0. The lowest BCUT2D eigenvalue weighted by Gasteiger charge is -2.33. The number of aryl methyl sites for hydroxylation is 1. The van der Waals surface area contributed by atoms with Crippen molar-refractivity contribution in [3.8, 4) is 11.5 Å². The number of ether oxygens (including phenoxy) is 3. The molecule has 0 N–H and O–H groups in total. The zero-order valence-corrected chi connectivity index (χ0v) is 13.2. The van der Waals surface area contributed by atoms with Gasteiger partial charge in [0.05, 0.1) is 13.2 Å². The van der Waals surface area contributed by atoms with E-state index in [9.17, 15) is 4.79 Å². The lowest BCUT2D eigenvalue weighted by atomic mass is 10.1. The Hall–Kier alpha value is -2.61. The maximum atomic E-state index is 13.0. The molecule has 126 valence electrons. The topological polar surface area (TPSA) is 86.9 Å². The summed E-state index contributed by atoms with van der Waals surface area (Å²) in [5.74, 6) is 1.96. The molecule has 1 aromatic heterocycles. The van der Waals surface area contributed by atoms with E-state index < -0.39 is 0 Å². The van der Waals surface area contributed by atoms with Crippen molar-refractivity contribution in [2.75, 3.05) is 33.0 Å². The summed E-state index contributed by atoms with van der Waals surface area (Å²) in [5, 5.41) is 7.87. The third kappa shape index (κ3) is 2.69. The Morgan fingerprint density at radius 3 is 2.79 bits per heavy atom. The van der Waals surface area contributed by atoms with Gasteiger partial charge in [-0.15, -0.1) is 10.2 Å². The largest absolute Gasteiger partial charge is 0.486 e. The summed E-state index contributed by atoms with van der Waals surface area (Å²) in [6, 6.07) is 4.82. The van der Waals surface area contributed by atoms with Gasteiger partial charge in [-0.2, -0.15) is 0 Å². The quantitative estimate of drug-likeness (QED) is 0.821. The van der Waals surface area contributed by atoms with Crippen LogP contribution < -0.4 is 9.47 Å². The molecule has 0 saturated carbocycles. The number of aromatic nitrogens is 2. The Morgan fingerprint density at radius 2 is 2.00 bits per heavy atom. The van der Waals surface area contributed by atoms with E-state index in [1.54, 1.807) is 30.0 Å². The van der Waals surface area contributed by atoms with E-state index in [-0.39, 0.29) is 11.9 Å². The second-order valence-corrected chi connectivity index (χ2v) is 5.61. The van der Waals surface area contributed by atoms with Gasteiger partial charge < -0.3 is 23.5 Å². The highest BCUT2D eigenvalue weighted by Gasteiger charge is 2.33. The van der Waals surface area contributed by atoms with Crippen LogP contribution in [-0.2, 0) is 4.74 Å². The summed E-state index contributed by atoms with van der Waals surface area (Å²) in [7, 11) is 0. The lowest BCUT2D eigenvalue weighted by Crippen LogP contribution is -2.43. The van der Waals surface area contributed by atoms with E-state index in [1.807, 2.05) is 0 Å². The van der Waals surface area contributed by atoms with Crippen molar-refractivity contribution in [2.45, 2.75) is 13.0 Å². The minimum absolute atomic E-state index is 0.129. The monoisotopic (exact) mass is 331 g/mol. The fourth-order valence-corrected chi connectivity index (χ4v) is 2.84. The Bertz CT molecular complexity index is 760. The van der Waals surface area contributed by atoms with E-state index in [2.05, 4.69) is 10.2 Å². The van der Waals surface area contributed by atoms with Gasteiger partial charge in [-0.1, -0.05) is 0 Å². The number of hydrogen-bond donors (Lipinski definition) is 0. The molecule has 0 radical (unpaired) electrons. The third-order valence-corrected chi connectivity index (χ3v) is 4.01. The molecular weight excluding hydrogens is 314 g/mol. The normalized spacial score (nSPS) is 20.0. The molecule has 0 aliphatic carbocycles. The molecule has 2 aliphatic heterocycles. The van der Waals surface area contributed by atoms with Crippen LogP contribution in [0.25, 0.3) is 0 Å². The SMILES string of the molecule is Cc1nnc(C2COCCN2C(=O)c2ccc3c(c2)OCCO3)o1. The second kappa shape index (κ2) is 6.12. The Kier molecular flexibility index (Phi) is 3.81. The van der Waals surface area contributed by atoms with Crippen molar-refractivity contribution in [2.24, 2.45) is 0 Å². The number of carbonyl (C=O) groups excluding carboxylic acids is 1. The highest BCUT2D eigenvalue weighted by Crippen LogP contribution is 2.32. The fraction of sp³-hybridized carbons (Fsp3) is 0.438. The second-order valence-electron chi connectivity index (χ2n) is 5.61. The highest BCUT2D eigenvalue weighted by molar-refractivity contribution is 5.95. The van der Waals surface area contributed by atoms with Crippen LogP contribution >= 0.6 is 0 Å². The van der Waals surface area contributed by atoms with Crippen molar-refractivity contribution in [3.05, 3.63) is 35.5 Å². The van der Waals surface area contributed by atoms with E-state index in [0.29, 0.717) is 61.8 Å². The van der Waals surface area contributed by atoms with E-state index in [1.165, 1.54) is 0 Å². The van der Waals surface area contributed by atoms with Crippen molar-refractivity contribution < 1.29 is 23.4 Å². The first-order chi connectivity index (χ1) is 11.7. The number of morpholine rings is 1. The van der Waals surface area contributed by atoms with Gasteiger partial charge in [0.2, 0.25) is 11.8 Å². The number of nitrogens with zero attached hydrogens (tertiary/aromatic N) is 3. The summed E-state index contributed by atoms with van der Waals surface area (Å²) in [6.45, 7) is 3.97. The van der Waals surface area contributed by atoms with Gasteiger partial charge >= 0.3 is 0 Å². The number of hydrogen-bond acceptors (Lipinski definition) is 7. The molecule has 1 fully saturated rings. The molecule has 4 rings (SSSR count). The van der Waals surface area contributed by atoms with E-state index in [4.69, 9.17) is 18.6 Å². The lowest BCUT2D eigenvalue weighted by molar-refractivity contribution is -0.0106. The molecule has 2 aliphatic rings. The Labute approximate surface area is 138 Å². The van der Waals surface area contributed by atoms with Crippen molar-refractivity contribution in [3.63, 3.8) is 0 Å². The van der Waals surface area contributed by atoms with Gasteiger partial charge in [0.25, 0.3) is 5.91 Å². The number of amides is 1. The molecule has 8 heteroatoms. The number of fused-ring (bicyclic) bond motifs is 1. The minimum Gasteiger partial charge on any atom is -0.486 e. The zero-order chi connectivity index (χ0) is 16.5. The Morgan fingerprint density at radius 1 is 1.17 bits per heavy atom. The predicted molar refractivity (Wildman–Crippen MR) is 81.1 cm³/mol. The maximum absolute atomic E-state index is 13.0. The van der Waals surface area contributed by atoms with Crippen LogP contribution in [0.3, 0.4) is 0 Å². The first kappa shape index (κ1) is 14.9. The molecular formula is C16H17N3O5. The number of carbonyl (C=O) groups is 1. The van der Waals surface area contributed by atoms with Crippen LogP contribution in [0.15, 0.2) is 22.6 Å². The molecule has 1 atom stereocenters. The van der Waals surface area contributed by atoms with Gasteiger partial charge in [-0.3, -0.25) is 4.79 Å². The van der Waals surface area contributed by atoms with Crippen molar-refractivity contribution >= 4 is 5.91 Å². The van der Waals surface area contributed by atoms with Gasteiger partial charge in [0, 0.05) is 19.0 Å². The smallest absolute Gasteiger partial charge is 0.254 e. The van der Waals surface area contributed by atoms with Gasteiger partial charge in [0.15, 0.2) is 11.5 Å². The van der Waals surface area contributed by atoms with Crippen molar-refractivity contribution in [1.29, 1.82) is 0 Å². The van der Waals surface area contributed by atoms with Crippen LogP contribution in [0.5, 0.6) is 11.5 Å². The maximum Gasteiger partial charge on any atom is 0.254 e. The average molecular weight is 331 g/mol. The molecule has 1 unspecified atom stereocenters. The summed E-state index contributed by atoms with van der Waals surface area (Å²) in [4.78, 5) is 14.7. The standard InChI is InChI=1S/C16H17N3O5/c1-10-17-18-15(24-10)12-9-21-5-4-19(12)16(20)11-2-3-13-14(8-11)23-7-6-22-13/h2-3,8,12H,4-7,9H2,1H3. The molecule has 0 spiro atoms. The van der Waals surface area contributed by atoms with E-state index in [0.717, 1.165) is 0 Å². The summed E-state index contributed by atoms with van der Waals surface area (Å²) in [5.41, 5.74) is 0.530. The number of rotatable bonds is 2. The molecule has 3 heterocycles. The van der Waals surface area contributed by atoms with Gasteiger partial charge in [0.1, 0.15) is 19.3 Å². The van der Waals surface area contributed by atoms with Crippen LogP contribution in [0.4, 0.5) is 0 Å². The van der Waals surface area contributed by atoms with Crippen LogP contribution in [-0.4, -0.2) is 54.0 Å². The van der Waals surface area contributed by atoms with Crippen molar-refractivity contribution in [1.82, 2.24) is 15.1 Å². The predicted octanol–water partition coefficient (Wildman–Crippen LogP) is 1.36. The molecule has 8 nitrogen and oxygen atoms in total. The molecule has 1 saturated heterocycles. The van der Waals surface area contributed by atoms with E-state index >= 15 is 0 Å². The zero-order valence-electron chi connectivity index (χ0n) is 13.2. The fourth-order valence-electron chi connectivity index (χ4n) is 2.84. The van der Waals surface area contributed by atoms with Crippen LogP contribution in [0.2, 0.25) is 0 Å². The first-order valence-corrected chi connectivity index (χ1v) is 7.81. The third-order valence-electron chi connectivity index (χ3n) is 4.01. The molecule has 1 amide bonds. The molecule has 2 aromatic rings. The van der Waals surface area contributed by atoms with Gasteiger partial charge in [-0.25, -0.2) is 0 Å². The highest BCUT2D eigenvalue weighted by atomic mass is 16.6. The molecule has 24 heavy (non-hydrogen) atoms. The van der Waals surface area contributed by atoms with Crippen LogP contribution in [0.1, 0.15) is 28.2 Å². The molecule has 1 aromatic carbocycles. The average Bonchev–Trinajstić information content (AvgIpc) is 3.07. The molecule has 0 bridgehead atoms. The Balaban J connectivity index is 1.62.